The normalized spacial score (nSPS) is 30.1. The molecule has 0 amide bonds. The van der Waals surface area contributed by atoms with Gasteiger partial charge in [0, 0.05) is 33.3 Å². The summed E-state index contributed by atoms with van der Waals surface area (Å²) in [5.41, 5.74) is 0.453. The van der Waals surface area contributed by atoms with Crippen molar-refractivity contribution in [1.82, 2.24) is 10.2 Å². The number of nitrogens with zero attached hydrogens (tertiary/aromatic N) is 2. The number of hydrogen-bond donors (Lipinski definition) is 1. The smallest absolute Gasteiger partial charge is 0.193 e. The fraction of sp³-hybridized carbons (Fsp3) is 0.938. The first-order valence-corrected chi connectivity index (χ1v) is 8.24. The van der Waals surface area contributed by atoms with E-state index in [9.17, 15) is 0 Å². The molecule has 2 atom stereocenters. The SMILES string of the molecule is CCCC1(C)CCCN(C(=NC)NCC2CCCO2)C1.I. The third-order valence-electron chi connectivity index (χ3n) is 4.66. The van der Waals surface area contributed by atoms with Crippen molar-refractivity contribution in [2.45, 2.75) is 58.5 Å². The topological polar surface area (TPSA) is 36.9 Å². The molecule has 2 unspecified atom stereocenters. The molecule has 0 aromatic carbocycles. The van der Waals surface area contributed by atoms with Gasteiger partial charge in [-0.05, 0) is 37.5 Å². The number of aliphatic imine (C=N–C) groups is 1. The number of rotatable bonds is 4. The fourth-order valence-electron chi connectivity index (χ4n) is 3.65. The number of guanidine groups is 1. The molecule has 0 aromatic heterocycles. The molecule has 0 bridgehead atoms. The van der Waals surface area contributed by atoms with Crippen LogP contribution < -0.4 is 5.32 Å². The van der Waals surface area contributed by atoms with E-state index in [4.69, 9.17) is 4.74 Å². The minimum atomic E-state index is 0. The summed E-state index contributed by atoms with van der Waals surface area (Å²) in [6, 6.07) is 0. The zero-order valence-electron chi connectivity index (χ0n) is 13.9. The van der Waals surface area contributed by atoms with Crippen LogP contribution in [0, 0.1) is 5.41 Å². The highest BCUT2D eigenvalue weighted by Gasteiger charge is 2.31. The quantitative estimate of drug-likeness (QED) is 0.440. The van der Waals surface area contributed by atoms with E-state index in [-0.39, 0.29) is 24.0 Å². The van der Waals surface area contributed by atoms with E-state index in [1.165, 1.54) is 38.5 Å². The van der Waals surface area contributed by atoms with E-state index < -0.39 is 0 Å². The molecule has 0 aromatic rings. The van der Waals surface area contributed by atoms with Crippen molar-refractivity contribution in [2.24, 2.45) is 10.4 Å². The van der Waals surface area contributed by atoms with Crippen LogP contribution in [0.3, 0.4) is 0 Å². The number of piperidine rings is 1. The van der Waals surface area contributed by atoms with Crippen LogP contribution in [-0.2, 0) is 4.74 Å². The first-order valence-electron chi connectivity index (χ1n) is 8.24. The molecule has 0 saturated carbocycles. The summed E-state index contributed by atoms with van der Waals surface area (Å²) < 4.78 is 5.68. The maximum Gasteiger partial charge on any atom is 0.193 e. The molecule has 124 valence electrons. The van der Waals surface area contributed by atoms with Gasteiger partial charge in [0.15, 0.2) is 5.96 Å². The highest BCUT2D eigenvalue weighted by Crippen LogP contribution is 2.33. The van der Waals surface area contributed by atoms with Gasteiger partial charge in [0.05, 0.1) is 6.10 Å². The molecular weight excluding hydrogens is 377 g/mol. The number of ether oxygens (including phenoxy) is 1. The molecule has 0 aliphatic carbocycles. The monoisotopic (exact) mass is 409 g/mol. The summed E-state index contributed by atoms with van der Waals surface area (Å²) in [4.78, 5) is 6.91. The predicted octanol–water partition coefficient (Wildman–Crippen LogP) is 3.26. The lowest BCUT2D eigenvalue weighted by Crippen LogP contribution is -2.50. The van der Waals surface area contributed by atoms with Gasteiger partial charge in [0.25, 0.3) is 0 Å². The van der Waals surface area contributed by atoms with Crippen LogP contribution in [0.25, 0.3) is 0 Å². The zero-order valence-corrected chi connectivity index (χ0v) is 16.2. The molecule has 2 saturated heterocycles. The Balaban J connectivity index is 0.00000220. The van der Waals surface area contributed by atoms with Gasteiger partial charge < -0.3 is 15.0 Å². The minimum absolute atomic E-state index is 0. The molecule has 0 radical (unpaired) electrons. The molecule has 0 spiro atoms. The average Bonchev–Trinajstić information content (AvgIpc) is 2.93. The Morgan fingerprint density at radius 2 is 2.24 bits per heavy atom. The lowest BCUT2D eigenvalue weighted by Gasteiger charge is -2.42. The first kappa shape index (κ1) is 19.0. The van der Waals surface area contributed by atoms with E-state index in [2.05, 4.69) is 29.1 Å². The van der Waals surface area contributed by atoms with Crippen molar-refractivity contribution in [3.05, 3.63) is 0 Å². The summed E-state index contributed by atoms with van der Waals surface area (Å²) in [5.74, 6) is 1.06. The summed E-state index contributed by atoms with van der Waals surface area (Å²) in [7, 11) is 1.89. The lowest BCUT2D eigenvalue weighted by molar-refractivity contribution is 0.110. The molecule has 2 heterocycles. The highest BCUT2D eigenvalue weighted by atomic mass is 127. The van der Waals surface area contributed by atoms with Crippen molar-refractivity contribution in [2.75, 3.05) is 33.3 Å². The van der Waals surface area contributed by atoms with Crippen molar-refractivity contribution in [1.29, 1.82) is 0 Å². The van der Waals surface area contributed by atoms with Gasteiger partial charge in [0.2, 0.25) is 0 Å². The van der Waals surface area contributed by atoms with Gasteiger partial charge in [-0.2, -0.15) is 0 Å². The lowest BCUT2D eigenvalue weighted by atomic mass is 9.78. The van der Waals surface area contributed by atoms with Crippen molar-refractivity contribution in [3.63, 3.8) is 0 Å². The van der Waals surface area contributed by atoms with Gasteiger partial charge in [-0.25, -0.2) is 0 Å². The molecule has 2 rings (SSSR count). The van der Waals surface area contributed by atoms with Gasteiger partial charge in [-0.1, -0.05) is 20.3 Å². The molecule has 2 aliphatic heterocycles. The zero-order chi connectivity index (χ0) is 14.4. The van der Waals surface area contributed by atoms with Crippen LogP contribution in [0.2, 0.25) is 0 Å². The fourth-order valence-corrected chi connectivity index (χ4v) is 3.65. The van der Waals surface area contributed by atoms with Gasteiger partial charge in [0.1, 0.15) is 0 Å². The molecule has 2 aliphatic rings. The summed E-state index contributed by atoms with van der Waals surface area (Å²) in [6.07, 6.45) is 7.95. The summed E-state index contributed by atoms with van der Waals surface area (Å²) in [6.45, 7) is 8.79. The second-order valence-electron chi connectivity index (χ2n) is 6.65. The maximum absolute atomic E-state index is 5.68. The number of halogens is 1. The molecule has 5 heteroatoms. The van der Waals surface area contributed by atoms with E-state index in [0.717, 1.165) is 32.2 Å². The standard InChI is InChI=1S/C16H31N3O.HI/c1-4-8-16(2)9-6-10-19(13-16)15(17-3)18-12-14-7-5-11-20-14;/h14H,4-13H2,1-3H3,(H,17,18);1H. The Kier molecular flexibility index (Phi) is 8.31. The maximum atomic E-state index is 5.68. The Bertz CT molecular complexity index is 327. The second-order valence-corrected chi connectivity index (χ2v) is 6.65. The molecule has 2 fully saturated rings. The molecule has 4 nitrogen and oxygen atoms in total. The van der Waals surface area contributed by atoms with Gasteiger partial charge >= 0.3 is 0 Å². The molecule has 21 heavy (non-hydrogen) atoms. The molecule has 1 N–H and O–H groups in total. The van der Waals surface area contributed by atoms with E-state index in [1.807, 2.05) is 7.05 Å². The van der Waals surface area contributed by atoms with E-state index in [1.54, 1.807) is 0 Å². The number of likely N-dealkylation sites (tertiary alicyclic amines) is 1. The number of nitrogens with one attached hydrogen (secondary N) is 1. The average molecular weight is 409 g/mol. The summed E-state index contributed by atoms with van der Waals surface area (Å²) >= 11 is 0. The van der Waals surface area contributed by atoms with Crippen molar-refractivity contribution in [3.8, 4) is 0 Å². The third kappa shape index (κ3) is 5.58. The molecular formula is C16H32IN3O. The minimum Gasteiger partial charge on any atom is -0.376 e. The van der Waals surface area contributed by atoms with Crippen LogP contribution >= 0.6 is 24.0 Å². The van der Waals surface area contributed by atoms with Crippen LogP contribution in [0.5, 0.6) is 0 Å². The predicted molar refractivity (Wildman–Crippen MR) is 99.6 cm³/mol. The largest absolute Gasteiger partial charge is 0.376 e. The van der Waals surface area contributed by atoms with Crippen LogP contribution in [0.15, 0.2) is 4.99 Å². The third-order valence-corrected chi connectivity index (χ3v) is 4.66. The Hall–Kier alpha value is -0.0400. The number of hydrogen-bond acceptors (Lipinski definition) is 2. The van der Waals surface area contributed by atoms with Crippen LogP contribution in [-0.4, -0.2) is 50.3 Å². The van der Waals surface area contributed by atoms with E-state index >= 15 is 0 Å². The summed E-state index contributed by atoms with van der Waals surface area (Å²) in [5, 5.41) is 3.51. The van der Waals surface area contributed by atoms with Crippen LogP contribution in [0.4, 0.5) is 0 Å². The highest BCUT2D eigenvalue weighted by molar-refractivity contribution is 14.0. The Morgan fingerprint density at radius 1 is 1.43 bits per heavy atom. The van der Waals surface area contributed by atoms with Crippen molar-refractivity contribution >= 4 is 29.9 Å². The van der Waals surface area contributed by atoms with Crippen molar-refractivity contribution < 1.29 is 4.74 Å². The van der Waals surface area contributed by atoms with Crippen LogP contribution in [0.1, 0.15) is 52.4 Å². The Morgan fingerprint density at radius 3 is 2.86 bits per heavy atom. The van der Waals surface area contributed by atoms with Gasteiger partial charge in [-0.3, -0.25) is 4.99 Å². The van der Waals surface area contributed by atoms with E-state index in [0.29, 0.717) is 11.5 Å². The van der Waals surface area contributed by atoms with Gasteiger partial charge in [-0.15, -0.1) is 24.0 Å². The first-order chi connectivity index (χ1) is 9.67. The second kappa shape index (κ2) is 9.18. The Labute approximate surface area is 147 Å².